The highest BCUT2D eigenvalue weighted by Gasteiger charge is 2.09. The zero-order valence-corrected chi connectivity index (χ0v) is 16.0. The fourth-order valence-electron chi connectivity index (χ4n) is 2.39. The van der Waals surface area contributed by atoms with Gasteiger partial charge in [0.25, 0.3) is 0 Å². The van der Waals surface area contributed by atoms with Crippen molar-refractivity contribution in [2.75, 3.05) is 40.5 Å². The third kappa shape index (κ3) is 5.74. The number of fused-ring (bicyclic) bond motifs is 1. The molecule has 1 heterocycles. The van der Waals surface area contributed by atoms with Crippen molar-refractivity contribution in [3.63, 3.8) is 0 Å². The summed E-state index contributed by atoms with van der Waals surface area (Å²) in [6, 6.07) is 13.8. The molecule has 0 unspecified atom stereocenters. The van der Waals surface area contributed by atoms with Gasteiger partial charge in [0.1, 0.15) is 12.4 Å². The van der Waals surface area contributed by atoms with Gasteiger partial charge in [0.2, 0.25) is 5.88 Å². The highest BCUT2D eigenvalue weighted by molar-refractivity contribution is 5.75. The minimum atomic E-state index is -0.369. The van der Waals surface area contributed by atoms with Crippen molar-refractivity contribution in [1.82, 2.24) is 14.9 Å². The molecule has 0 N–H and O–H groups in total. The standard InChI is InChI=1S/C22H22FN3O2/c1-26(2)12-13-27-14-15-28-22-20(10-8-17-6-4-3-5-7-17)24-21-16-18(23)9-11-19(21)25-22/h3-7,9,11,16H,12-15H2,1-2H3. The van der Waals surface area contributed by atoms with E-state index >= 15 is 0 Å². The van der Waals surface area contributed by atoms with E-state index in [1.54, 1.807) is 6.07 Å². The van der Waals surface area contributed by atoms with Crippen molar-refractivity contribution >= 4 is 11.0 Å². The Morgan fingerprint density at radius 1 is 0.929 bits per heavy atom. The van der Waals surface area contributed by atoms with E-state index in [0.29, 0.717) is 42.4 Å². The predicted molar refractivity (Wildman–Crippen MR) is 107 cm³/mol. The number of ether oxygens (including phenoxy) is 2. The van der Waals surface area contributed by atoms with Gasteiger partial charge in [-0.05, 0) is 44.3 Å². The first-order valence-electron chi connectivity index (χ1n) is 9.01. The van der Waals surface area contributed by atoms with Crippen LogP contribution in [0.4, 0.5) is 4.39 Å². The number of hydrogen-bond acceptors (Lipinski definition) is 5. The van der Waals surface area contributed by atoms with Crippen molar-refractivity contribution in [3.8, 4) is 17.7 Å². The molecule has 0 bridgehead atoms. The summed E-state index contributed by atoms with van der Waals surface area (Å²) in [4.78, 5) is 10.9. The molecule has 3 rings (SSSR count). The summed E-state index contributed by atoms with van der Waals surface area (Å²) >= 11 is 0. The van der Waals surface area contributed by atoms with Gasteiger partial charge >= 0.3 is 0 Å². The predicted octanol–water partition coefficient (Wildman–Crippen LogP) is 3.13. The Labute approximate surface area is 164 Å². The minimum absolute atomic E-state index is 0.318. The van der Waals surface area contributed by atoms with E-state index in [1.807, 2.05) is 49.3 Å². The number of likely N-dealkylation sites (N-methyl/N-ethyl adjacent to an activating group) is 1. The molecule has 3 aromatic rings. The van der Waals surface area contributed by atoms with E-state index in [9.17, 15) is 4.39 Å². The van der Waals surface area contributed by atoms with E-state index in [0.717, 1.165) is 12.1 Å². The number of halogens is 1. The quantitative estimate of drug-likeness (QED) is 0.466. The molecule has 0 saturated heterocycles. The lowest BCUT2D eigenvalue weighted by atomic mass is 10.2. The fraction of sp³-hybridized carbons (Fsp3) is 0.273. The molecule has 0 aliphatic carbocycles. The SMILES string of the molecule is CN(C)CCOCCOc1nc2ccc(F)cc2nc1C#Cc1ccccc1. The first-order chi connectivity index (χ1) is 13.6. The first kappa shape index (κ1) is 19.7. The van der Waals surface area contributed by atoms with E-state index in [2.05, 4.69) is 21.8 Å². The van der Waals surface area contributed by atoms with Crippen LogP contribution in [0, 0.1) is 17.7 Å². The lowest BCUT2D eigenvalue weighted by Crippen LogP contribution is -2.19. The second-order valence-electron chi connectivity index (χ2n) is 6.39. The van der Waals surface area contributed by atoms with Crippen LogP contribution < -0.4 is 4.74 Å². The fourth-order valence-corrected chi connectivity index (χ4v) is 2.39. The molecule has 1 aromatic heterocycles. The maximum absolute atomic E-state index is 13.5. The molecule has 0 radical (unpaired) electrons. The molecule has 6 heteroatoms. The average Bonchev–Trinajstić information content (AvgIpc) is 2.69. The van der Waals surface area contributed by atoms with E-state index in [1.165, 1.54) is 12.1 Å². The van der Waals surface area contributed by atoms with Crippen molar-refractivity contribution < 1.29 is 13.9 Å². The average molecular weight is 379 g/mol. The van der Waals surface area contributed by atoms with Gasteiger partial charge in [-0.15, -0.1) is 0 Å². The molecule has 0 aliphatic heterocycles. The molecule has 5 nitrogen and oxygen atoms in total. The monoisotopic (exact) mass is 379 g/mol. The number of benzene rings is 2. The molecule has 144 valence electrons. The topological polar surface area (TPSA) is 47.5 Å². The summed E-state index contributed by atoms with van der Waals surface area (Å²) in [5.41, 5.74) is 2.21. The Morgan fingerprint density at radius 3 is 2.54 bits per heavy atom. The van der Waals surface area contributed by atoms with Gasteiger partial charge in [0, 0.05) is 18.2 Å². The lowest BCUT2D eigenvalue weighted by Gasteiger charge is -2.11. The summed E-state index contributed by atoms with van der Waals surface area (Å²) < 4.78 is 24.8. The third-order valence-electron chi connectivity index (χ3n) is 3.84. The summed E-state index contributed by atoms with van der Waals surface area (Å²) in [5, 5.41) is 0. The number of aromatic nitrogens is 2. The van der Waals surface area contributed by atoms with Gasteiger partial charge in [-0.2, -0.15) is 0 Å². The molecule has 2 aromatic carbocycles. The second kappa shape index (κ2) is 9.79. The first-order valence-corrected chi connectivity index (χ1v) is 9.01. The second-order valence-corrected chi connectivity index (χ2v) is 6.39. The van der Waals surface area contributed by atoms with Crippen LogP contribution in [-0.4, -0.2) is 55.3 Å². The van der Waals surface area contributed by atoms with Crippen molar-refractivity contribution in [1.29, 1.82) is 0 Å². The Balaban J connectivity index is 1.78. The molecule has 0 amide bonds. The van der Waals surface area contributed by atoms with Crippen molar-refractivity contribution in [2.45, 2.75) is 0 Å². The Bertz CT molecular complexity index is 981. The van der Waals surface area contributed by atoms with Gasteiger partial charge in [-0.1, -0.05) is 24.1 Å². The molecule has 0 fully saturated rings. The summed E-state index contributed by atoms with van der Waals surface area (Å²) in [5.74, 6) is 5.98. The smallest absolute Gasteiger partial charge is 0.249 e. The van der Waals surface area contributed by atoms with Gasteiger partial charge in [0.15, 0.2) is 5.69 Å². The van der Waals surface area contributed by atoms with Crippen LogP contribution >= 0.6 is 0 Å². The number of nitrogens with zero attached hydrogens (tertiary/aromatic N) is 3. The Kier molecular flexibility index (Phi) is 6.90. The van der Waals surface area contributed by atoms with Gasteiger partial charge < -0.3 is 14.4 Å². The van der Waals surface area contributed by atoms with Crippen LogP contribution in [0.25, 0.3) is 11.0 Å². The third-order valence-corrected chi connectivity index (χ3v) is 3.84. The van der Waals surface area contributed by atoms with Crippen LogP contribution in [0.2, 0.25) is 0 Å². The van der Waals surface area contributed by atoms with E-state index in [-0.39, 0.29) is 5.82 Å². The molecule has 0 spiro atoms. The maximum atomic E-state index is 13.5. The molecular weight excluding hydrogens is 357 g/mol. The van der Waals surface area contributed by atoms with Crippen LogP contribution in [0.3, 0.4) is 0 Å². The van der Waals surface area contributed by atoms with Crippen LogP contribution in [-0.2, 0) is 4.74 Å². The van der Waals surface area contributed by atoms with E-state index in [4.69, 9.17) is 9.47 Å². The molecular formula is C22H22FN3O2. The lowest BCUT2D eigenvalue weighted by molar-refractivity contribution is 0.0875. The van der Waals surface area contributed by atoms with Gasteiger partial charge in [0.05, 0.1) is 24.2 Å². The van der Waals surface area contributed by atoms with Crippen LogP contribution in [0.15, 0.2) is 48.5 Å². The largest absolute Gasteiger partial charge is 0.473 e. The zero-order chi connectivity index (χ0) is 19.8. The zero-order valence-electron chi connectivity index (χ0n) is 16.0. The van der Waals surface area contributed by atoms with Gasteiger partial charge in [-0.25, -0.2) is 14.4 Å². The highest BCUT2D eigenvalue weighted by Crippen LogP contribution is 2.19. The van der Waals surface area contributed by atoms with Crippen LogP contribution in [0.1, 0.15) is 11.3 Å². The normalized spacial score (nSPS) is 10.7. The molecule has 0 saturated carbocycles. The highest BCUT2D eigenvalue weighted by atomic mass is 19.1. The molecule has 0 aliphatic rings. The summed E-state index contributed by atoms with van der Waals surface area (Å²) in [7, 11) is 3.98. The number of hydrogen-bond donors (Lipinski definition) is 0. The summed E-state index contributed by atoms with van der Waals surface area (Å²) in [6.07, 6.45) is 0. The van der Waals surface area contributed by atoms with Crippen molar-refractivity contribution in [2.24, 2.45) is 0 Å². The van der Waals surface area contributed by atoms with Crippen LogP contribution in [0.5, 0.6) is 5.88 Å². The molecule has 28 heavy (non-hydrogen) atoms. The van der Waals surface area contributed by atoms with Gasteiger partial charge in [-0.3, -0.25) is 0 Å². The Hall–Kier alpha value is -3.01. The maximum Gasteiger partial charge on any atom is 0.249 e. The Morgan fingerprint density at radius 2 is 1.75 bits per heavy atom. The molecule has 0 atom stereocenters. The summed E-state index contributed by atoms with van der Waals surface area (Å²) in [6.45, 7) is 2.23. The van der Waals surface area contributed by atoms with Crippen molar-refractivity contribution in [3.05, 3.63) is 65.6 Å². The van der Waals surface area contributed by atoms with E-state index < -0.39 is 0 Å². The minimum Gasteiger partial charge on any atom is -0.473 e. The number of rotatable bonds is 7.